The lowest BCUT2D eigenvalue weighted by Gasteiger charge is -2.25. The molecule has 0 aliphatic rings. The van der Waals surface area contributed by atoms with Crippen molar-refractivity contribution in [1.82, 2.24) is 41.2 Å². The van der Waals surface area contributed by atoms with Gasteiger partial charge in [-0.1, -0.05) is 104 Å². The molecule has 14 heteroatoms. The molecule has 2 aromatic carbocycles. The number of carboxylic acid groups (broad SMARTS) is 2. The van der Waals surface area contributed by atoms with E-state index < -0.39 is 48.2 Å². The van der Waals surface area contributed by atoms with Gasteiger partial charge in [0.15, 0.2) is 0 Å². The van der Waals surface area contributed by atoms with E-state index in [1.54, 1.807) is 40.1 Å². The highest BCUT2D eigenvalue weighted by molar-refractivity contribution is 5.86. The summed E-state index contributed by atoms with van der Waals surface area (Å²) in [4.78, 5) is 64.4. The van der Waals surface area contributed by atoms with Gasteiger partial charge in [0.05, 0.1) is 23.5 Å². The maximum Gasteiger partial charge on any atom is 0.405 e. The van der Waals surface area contributed by atoms with Crippen molar-refractivity contribution in [3.05, 3.63) is 72.6 Å². The van der Waals surface area contributed by atoms with Crippen molar-refractivity contribution in [1.29, 1.82) is 0 Å². The van der Waals surface area contributed by atoms with Gasteiger partial charge in [0, 0.05) is 23.5 Å². The normalized spacial score (nSPS) is 13.8. The van der Waals surface area contributed by atoms with E-state index >= 15 is 0 Å². The highest BCUT2D eigenvalue weighted by Gasteiger charge is 2.30. The van der Waals surface area contributed by atoms with Crippen molar-refractivity contribution in [3.8, 4) is 33.6 Å². The molecule has 4 atom stereocenters. The van der Waals surface area contributed by atoms with Gasteiger partial charge in [0.1, 0.15) is 23.7 Å². The predicted molar refractivity (Wildman–Crippen MR) is 198 cm³/mol. The summed E-state index contributed by atoms with van der Waals surface area (Å²) >= 11 is 0. The summed E-state index contributed by atoms with van der Waals surface area (Å²) in [5.41, 5.74) is 5.21. The highest BCUT2D eigenvalue weighted by Crippen LogP contribution is 2.29. The van der Waals surface area contributed by atoms with Crippen LogP contribution in [0.4, 0.5) is 9.59 Å². The molecule has 4 aromatic rings. The van der Waals surface area contributed by atoms with Crippen molar-refractivity contribution < 1.29 is 29.4 Å². The Morgan fingerprint density at radius 2 is 0.808 bits per heavy atom. The zero-order valence-electron chi connectivity index (χ0n) is 30.8. The molecule has 0 spiro atoms. The molecular formula is C38H50N8O6. The SMILES string of the molecule is CC(C)[C@H](NC(=O)[C@H](NC(=O)O)C(C)C)c1nc(-c2ccc(-c3ccc(-c4c[nH]c([C@@H](NC(=O)[C@H](NC(=O)O)C(C)C)C(C)C)n4)cc3)cc2)c[nH]1. The number of nitrogens with one attached hydrogen (secondary N) is 6. The summed E-state index contributed by atoms with van der Waals surface area (Å²) < 4.78 is 0. The molecule has 0 aliphatic carbocycles. The largest absolute Gasteiger partial charge is 0.465 e. The lowest BCUT2D eigenvalue weighted by atomic mass is 10.00. The predicted octanol–water partition coefficient (Wildman–Crippen LogP) is 6.34. The lowest BCUT2D eigenvalue weighted by molar-refractivity contribution is -0.125. The average Bonchev–Trinajstić information content (AvgIpc) is 3.78. The van der Waals surface area contributed by atoms with Gasteiger partial charge in [-0.05, 0) is 34.8 Å². The number of rotatable bonds is 15. The zero-order chi connectivity index (χ0) is 38.3. The third-order valence-corrected chi connectivity index (χ3v) is 8.86. The maximum absolute atomic E-state index is 13.0. The molecule has 2 heterocycles. The van der Waals surface area contributed by atoms with E-state index in [9.17, 15) is 29.4 Å². The van der Waals surface area contributed by atoms with Gasteiger partial charge in [0.25, 0.3) is 0 Å². The number of H-pyrrole nitrogens is 2. The number of aromatic nitrogens is 4. The van der Waals surface area contributed by atoms with Gasteiger partial charge in [0.2, 0.25) is 11.8 Å². The number of carbonyl (C=O) groups excluding carboxylic acids is 2. The smallest absolute Gasteiger partial charge is 0.405 e. The quantitative estimate of drug-likeness (QED) is 0.0693. The molecule has 0 unspecified atom stereocenters. The fraction of sp³-hybridized carbons (Fsp3) is 0.421. The fourth-order valence-corrected chi connectivity index (χ4v) is 5.88. The standard InChI is InChI=1S/C38H50N8O6/c1-19(2)29(43-35(47)31(21(5)6)45-37(49)50)33-39-17-27(41-33)25-13-9-23(10-14-25)24-11-15-26(16-12-24)28-18-40-34(42-28)30(20(3)4)44-36(48)32(22(7)8)46-38(51)52/h9-22,29-32,45-46H,1-8H3,(H,39,41)(H,40,42)(H,43,47)(H,44,48)(H,49,50)(H,51,52)/t29-,30-,31+,32+/m0/s1. The second-order valence-corrected chi connectivity index (χ2v) is 14.3. The molecule has 52 heavy (non-hydrogen) atoms. The maximum atomic E-state index is 13.0. The van der Waals surface area contributed by atoms with Crippen LogP contribution in [-0.4, -0.2) is 66.2 Å². The molecule has 4 amide bonds. The van der Waals surface area contributed by atoms with Crippen molar-refractivity contribution in [2.45, 2.75) is 79.6 Å². The molecule has 0 aliphatic heterocycles. The first-order chi connectivity index (χ1) is 24.5. The van der Waals surface area contributed by atoms with E-state index in [0.29, 0.717) is 23.0 Å². The van der Waals surface area contributed by atoms with Crippen molar-refractivity contribution >= 4 is 24.0 Å². The first-order valence-electron chi connectivity index (χ1n) is 17.5. The molecule has 0 bridgehead atoms. The Balaban J connectivity index is 1.45. The van der Waals surface area contributed by atoms with Crippen molar-refractivity contribution in [3.63, 3.8) is 0 Å². The van der Waals surface area contributed by atoms with Crippen LogP contribution >= 0.6 is 0 Å². The number of hydrogen-bond acceptors (Lipinski definition) is 6. The van der Waals surface area contributed by atoms with E-state index in [1.807, 2.05) is 76.2 Å². The number of imidazole rings is 2. The number of benzene rings is 2. The van der Waals surface area contributed by atoms with Crippen LogP contribution in [0.2, 0.25) is 0 Å². The number of nitrogens with zero attached hydrogens (tertiary/aromatic N) is 2. The Labute approximate surface area is 303 Å². The van der Waals surface area contributed by atoms with E-state index in [-0.39, 0.29) is 23.7 Å². The van der Waals surface area contributed by atoms with Gasteiger partial charge >= 0.3 is 12.2 Å². The van der Waals surface area contributed by atoms with Crippen LogP contribution in [-0.2, 0) is 9.59 Å². The summed E-state index contributed by atoms with van der Waals surface area (Å²) in [7, 11) is 0. The van der Waals surface area contributed by atoms with Crippen LogP contribution < -0.4 is 21.3 Å². The number of hydrogen-bond donors (Lipinski definition) is 8. The minimum Gasteiger partial charge on any atom is -0.465 e. The summed E-state index contributed by atoms with van der Waals surface area (Å²) in [6.07, 6.45) is 1.07. The van der Waals surface area contributed by atoms with Crippen LogP contribution in [0.15, 0.2) is 60.9 Å². The number of aromatic amines is 2. The third kappa shape index (κ3) is 9.77. The second-order valence-electron chi connectivity index (χ2n) is 14.3. The Morgan fingerprint density at radius 3 is 1.08 bits per heavy atom. The minimum atomic E-state index is -1.25. The second kappa shape index (κ2) is 17.0. The molecule has 8 N–H and O–H groups in total. The average molecular weight is 715 g/mol. The molecular weight excluding hydrogens is 664 g/mol. The highest BCUT2D eigenvalue weighted by atomic mass is 16.4. The molecule has 0 fully saturated rings. The van der Waals surface area contributed by atoms with Crippen LogP contribution in [0, 0.1) is 23.7 Å². The fourth-order valence-electron chi connectivity index (χ4n) is 5.88. The lowest BCUT2D eigenvalue weighted by Crippen LogP contribution is -2.50. The zero-order valence-corrected chi connectivity index (χ0v) is 30.8. The van der Waals surface area contributed by atoms with Gasteiger partial charge in [-0.2, -0.15) is 0 Å². The van der Waals surface area contributed by atoms with Gasteiger partial charge in [-0.3, -0.25) is 9.59 Å². The molecule has 0 saturated heterocycles. The van der Waals surface area contributed by atoms with Crippen LogP contribution in [0.3, 0.4) is 0 Å². The summed E-state index contributed by atoms with van der Waals surface area (Å²) in [6, 6.07) is 13.3. The van der Waals surface area contributed by atoms with E-state index in [1.165, 1.54) is 0 Å². The Hall–Kier alpha value is -5.66. The molecule has 14 nitrogen and oxygen atoms in total. The van der Waals surface area contributed by atoms with Crippen molar-refractivity contribution in [2.75, 3.05) is 0 Å². The summed E-state index contributed by atoms with van der Waals surface area (Å²) in [5.74, 6) is -0.154. The monoisotopic (exact) mass is 714 g/mol. The van der Waals surface area contributed by atoms with E-state index in [0.717, 1.165) is 22.3 Å². The van der Waals surface area contributed by atoms with Gasteiger partial charge in [-0.25, -0.2) is 19.6 Å². The molecule has 0 radical (unpaired) electrons. The molecule has 278 valence electrons. The molecule has 2 aromatic heterocycles. The Bertz CT molecular complexity index is 1690. The topological polar surface area (TPSA) is 214 Å². The first-order valence-corrected chi connectivity index (χ1v) is 17.5. The van der Waals surface area contributed by atoms with Crippen LogP contribution in [0.1, 0.15) is 79.1 Å². The molecule has 0 saturated carbocycles. The summed E-state index contributed by atoms with van der Waals surface area (Å²) in [5, 5.41) is 28.9. The first kappa shape index (κ1) is 39.1. The molecule has 4 rings (SSSR count). The minimum absolute atomic E-state index is 0.0121. The number of amides is 4. The van der Waals surface area contributed by atoms with Crippen LogP contribution in [0.25, 0.3) is 33.6 Å². The Morgan fingerprint density at radius 1 is 0.500 bits per heavy atom. The van der Waals surface area contributed by atoms with Gasteiger partial charge < -0.3 is 41.4 Å². The van der Waals surface area contributed by atoms with E-state index in [2.05, 4.69) is 31.2 Å². The van der Waals surface area contributed by atoms with Crippen LogP contribution in [0.5, 0.6) is 0 Å². The van der Waals surface area contributed by atoms with E-state index in [4.69, 9.17) is 9.97 Å². The number of carbonyl (C=O) groups is 4. The van der Waals surface area contributed by atoms with Crippen molar-refractivity contribution in [2.24, 2.45) is 23.7 Å². The van der Waals surface area contributed by atoms with Gasteiger partial charge in [-0.15, -0.1) is 0 Å². The summed E-state index contributed by atoms with van der Waals surface area (Å²) in [6.45, 7) is 15.0. The third-order valence-electron chi connectivity index (χ3n) is 8.86. The Kier molecular flexibility index (Phi) is 12.8.